The molecule has 2 rings (SSSR count). The minimum atomic E-state index is -0.853. The Morgan fingerprint density at radius 3 is 2.59 bits per heavy atom. The number of amides is 1. The zero-order valence-electron chi connectivity index (χ0n) is 16.4. The molecule has 1 aliphatic rings. The molecule has 7 heteroatoms. The van der Waals surface area contributed by atoms with Crippen LogP contribution in [-0.2, 0) is 14.3 Å². The van der Waals surface area contributed by atoms with E-state index in [2.05, 4.69) is 5.32 Å². The SMILES string of the molecule is C[C@@H](CNC(=O)[C@@H]1OC(C)(C)OCC1(C)C)CC(=O)c1cc(F)ccc1F. The number of Topliss-reactive ketones (excluding diaryl/α,β-unsaturated/α-hetero) is 1. The zero-order chi connectivity index (χ0) is 20.4. The van der Waals surface area contributed by atoms with Gasteiger partial charge in [-0.05, 0) is 38.0 Å². The van der Waals surface area contributed by atoms with E-state index in [0.29, 0.717) is 6.61 Å². The van der Waals surface area contributed by atoms with Crippen LogP contribution in [0.2, 0.25) is 0 Å². The maximum absolute atomic E-state index is 13.7. The van der Waals surface area contributed by atoms with Crippen molar-refractivity contribution in [2.75, 3.05) is 13.2 Å². The van der Waals surface area contributed by atoms with Crippen molar-refractivity contribution in [1.82, 2.24) is 5.32 Å². The van der Waals surface area contributed by atoms with Gasteiger partial charge in [0.2, 0.25) is 5.91 Å². The van der Waals surface area contributed by atoms with Gasteiger partial charge >= 0.3 is 0 Å². The molecule has 1 heterocycles. The number of carbonyl (C=O) groups excluding carboxylic acids is 2. The van der Waals surface area contributed by atoms with Crippen molar-refractivity contribution in [1.29, 1.82) is 0 Å². The number of nitrogens with one attached hydrogen (secondary N) is 1. The molecule has 0 aliphatic carbocycles. The minimum Gasteiger partial charge on any atom is -0.354 e. The molecule has 27 heavy (non-hydrogen) atoms. The van der Waals surface area contributed by atoms with E-state index in [0.717, 1.165) is 18.2 Å². The molecule has 5 nitrogen and oxygen atoms in total. The minimum absolute atomic E-state index is 0.00975. The summed E-state index contributed by atoms with van der Waals surface area (Å²) in [6, 6.07) is 2.79. The number of ether oxygens (including phenoxy) is 2. The van der Waals surface area contributed by atoms with E-state index in [1.807, 2.05) is 13.8 Å². The van der Waals surface area contributed by atoms with Gasteiger partial charge in [0, 0.05) is 18.4 Å². The summed E-state index contributed by atoms with van der Waals surface area (Å²) in [6.45, 7) is 9.62. The van der Waals surface area contributed by atoms with Crippen LogP contribution >= 0.6 is 0 Å². The molecule has 1 aliphatic heterocycles. The van der Waals surface area contributed by atoms with E-state index in [9.17, 15) is 18.4 Å². The number of halogens is 2. The molecule has 0 aromatic heterocycles. The maximum atomic E-state index is 13.7. The summed E-state index contributed by atoms with van der Waals surface area (Å²) >= 11 is 0. The van der Waals surface area contributed by atoms with Crippen molar-refractivity contribution in [3.63, 3.8) is 0 Å². The van der Waals surface area contributed by atoms with Crippen LogP contribution in [0.1, 0.15) is 51.4 Å². The predicted octanol–water partition coefficient (Wildman–Crippen LogP) is 3.47. The fourth-order valence-corrected chi connectivity index (χ4v) is 2.90. The molecule has 0 unspecified atom stereocenters. The number of ketones is 1. The van der Waals surface area contributed by atoms with Gasteiger partial charge in [-0.25, -0.2) is 8.78 Å². The molecule has 0 saturated carbocycles. The topological polar surface area (TPSA) is 64.6 Å². The first-order valence-electron chi connectivity index (χ1n) is 8.99. The summed E-state index contributed by atoms with van der Waals surface area (Å²) in [5, 5.41) is 2.79. The molecule has 1 saturated heterocycles. The van der Waals surface area contributed by atoms with Crippen molar-refractivity contribution in [3.8, 4) is 0 Å². The van der Waals surface area contributed by atoms with Gasteiger partial charge < -0.3 is 14.8 Å². The summed E-state index contributed by atoms with van der Waals surface area (Å²) in [5.74, 6) is -3.31. The van der Waals surface area contributed by atoms with E-state index >= 15 is 0 Å². The highest BCUT2D eigenvalue weighted by atomic mass is 19.1. The van der Waals surface area contributed by atoms with Crippen molar-refractivity contribution < 1.29 is 27.8 Å². The van der Waals surface area contributed by atoms with Crippen molar-refractivity contribution in [2.45, 2.75) is 52.9 Å². The van der Waals surface area contributed by atoms with Gasteiger partial charge in [-0.2, -0.15) is 0 Å². The Labute approximate surface area is 158 Å². The number of carbonyl (C=O) groups is 2. The van der Waals surface area contributed by atoms with Gasteiger partial charge in [0.15, 0.2) is 11.6 Å². The number of hydrogen-bond acceptors (Lipinski definition) is 4. The van der Waals surface area contributed by atoms with Crippen molar-refractivity contribution in [2.24, 2.45) is 11.3 Å². The first-order valence-corrected chi connectivity index (χ1v) is 8.99. The van der Waals surface area contributed by atoms with Crippen LogP contribution in [0.15, 0.2) is 18.2 Å². The van der Waals surface area contributed by atoms with Crippen LogP contribution in [0.25, 0.3) is 0 Å². The van der Waals surface area contributed by atoms with E-state index in [4.69, 9.17) is 9.47 Å². The van der Waals surface area contributed by atoms with Gasteiger partial charge in [-0.3, -0.25) is 9.59 Å². The maximum Gasteiger partial charge on any atom is 0.249 e. The number of hydrogen-bond donors (Lipinski definition) is 1. The normalized spacial score (nSPS) is 22.1. The molecule has 0 radical (unpaired) electrons. The highest BCUT2D eigenvalue weighted by Crippen LogP contribution is 2.34. The van der Waals surface area contributed by atoms with Gasteiger partial charge in [0.1, 0.15) is 17.7 Å². The van der Waals surface area contributed by atoms with Crippen LogP contribution in [0.4, 0.5) is 8.78 Å². The molecule has 1 aromatic carbocycles. The number of benzene rings is 1. The average molecular weight is 383 g/mol. The Kier molecular flexibility index (Phi) is 6.37. The van der Waals surface area contributed by atoms with Crippen LogP contribution in [0.5, 0.6) is 0 Å². The smallest absolute Gasteiger partial charge is 0.249 e. The second kappa shape index (κ2) is 8.02. The molecule has 1 aromatic rings. The highest BCUT2D eigenvalue weighted by Gasteiger charge is 2.45. The largest absolute Gasteiger partial charge is 0.354 e. The van der Waals surface area contributed by atoms with E-state index in [1.54, 1.807) is 20.8 Å². The third-order valence-corrected chi connectivity index (χ3v) is 4.53. The third kappa shape index (κ3) is 5.56. The second-order valence-corrected chi connectivity index (χ2v) is 8.28. The lowest BCUT2D eigenvalue weighted by molar-refractivity contribution is -0.304. The molecular formula is C20H27F2NO4. The van der Waals surface area contributed by atoms with Gasteiger partial charge in [-0.15, -0.1) is 0 Å². The lowest BCUT2D eigenvalue weighted by Crippen LogP contribution is -2.56. The van der Waals surface area contributed by atoms with Crippen molar-refractivity contribution >= 4 is 11.7 Å². The fourth-order valence-electron chi connectivity index (χ4n) is 2.90. The van der Waals surface area contributed by atoms with Crippen LogP contribution in [0.3, 0.4) is 0 Å². The lowest BCUT2D eigenvalue weighted by Gasteiger charge is -2.44. The van der Waals surface area contributed by atoms with Gasteiger partial charge in [-0.1, -0.05) is 20.8 Å². The summed E-state index contributed by atoms with van der Waals surface area (Å²) in [7, 11) is 0. The Balaban J connectivity index is 1.92. The monoisotopic (exact) mass is 383 g/mol. The summed E-state index contributed by atoms with van der Waals surface area (Å²) in [4.78, 5) is 24.8. The van der Waals surface area contributed by atoms with Crippen LogP contribution < -0.4 is 5.32 Å². The van der Waals surface area contributed by atoms with Crippen LogP contribution in [-0.4, -0.2) is 36.7 Å². The van der Waals surface area contributed by atoms with Gasteiger partial charge in [0.25, 0.3) is 0 Å². The lowest BCUT2D eigenvalue weighted by atomic mass is 9.85. The molecule has 0 bridgehead atoms. The van der Waals surface area contributed by atoms with E-state index in [-0.39, 0.29) is 30.4 Å². The quantitative estimate of drug-likeness (QED) is 0.764. The van der Waals surface area contributed by atoms with Gasteiger partial charge in [0.05, 0.1) is 12.2 Å². The van der Waals surface area contributed by atoms with E-state index < -0.39 is 34.7 Å². The van der Waals surface area contributed by atoms with Crippen molar-refractivity contribution in [3.05, 3.63) is 35.4 Å². The summed E-state index contributed by atoms with van der Waals surface area (Å²) in [5.41, 5.74) is -0.771. The molecule has 2 atom stereocenters. The third-order valence-electron chi connectivity index (χ3n) is 4.53. The predicted molar refractivity (Wildman–Crippen MR) is 96.2 cm³/mol. The standard InChI is InChI=1S/C20H27F2NO4/c1-12(8-16(24)14-9-13(21)6-7-15(14)22)10-23-18(25)17-19(2,3)11-26-20(4,5)27-17/h6-7,9,12,17H,8,10-11H2,1-5H3,(H,23,25)/t12-,17+/m1/s1. The Morgan fingerprint density at radius 1 is 1.26 bits per heavy atom. The molecule has 0 spiro atoms. The number of rotatable bonds is 6. The second-order valence-electron chi connectivity index (χ2n) is 8.28. The zero-order valence-corrected chi connectivity index (χ0v) is 16.4. The first kappa shape index (κ1) is 21.4. The first-order chi connectivity index (χ1) is 12.4. The fraction of sp³-hybridized carbons (Fsp3) is 0.600. The Hall–Kier alpha value is -1.86. The Bertz CT molecular complexity index is 718. The summed E-state index contributed by atoms with van der Waals surface area (Å²) in [6.07, 6.45) is -0.700. The molecule has 1 amide bonds. The molecule has 150 valence electrons. The Morgan fingerprint density at radius 2 is 1.93 bits per heavy atom. The molecule has 1 fully saturated rings. The molecular weight excluding hydrogens is 356 g/mol. The summed E-state index contributed by atoms with van der Waals surface area (Å²) < 4.78 is 38.3. The molecule has 1 N–H and O–H groups in total. The average Bonchev–Trinajstić information content (AvgIpc) is 2.57. The van der Waals surface area contributed by atoms with Crippen LogP contribution in [0, 0.1) is 23.0 Å². The van der Waals surface area contributed by atoms with E-state index in [1.165, 1.54) is 0 Å². The highest BCUT2D eigenvalue weighted by molar-refractivity contribution is 5.96.